The third-order valence-corrected chi connectivity index (χ3v) is 5.72. The molecule has 0 bridgehead atoms. The van der Waals surface area contributed by atoms with Gasteiger partial charge >= 0.3 is 0 Å². The van der Waals surface area contributed by atoms with Crippen LogP contribution in [0.15, 0.2) is 47.9 Å². The van der Waals surface area contributed by atoms with Crippen molar-refractivity contribution < 1.29 is 0 Å². The average molecular weight is 508 g/mol. The predicted molar refractivity (Wildman–Crippen MR) is 171 cm³/mol. The third-order valence-electron chi connectivity index (χ3n) is 5.72. The van der Waals surface area contributed by atoms with Crippen molar-refractivity contribution in [1.82, 2.24) is 15.1 Å². The summed E-state index contributed by atoms with van der Waals surface area (Å²) < 4.78 is 0. The molecule has 2 unspecified atom stereocenters. The van der Waals surface area contributed by atoms with E-state index in [-0.39, 0.29) is 0 Å². The molecule has 0 radical (unpaired) electrons. The van der Waals surface area contributed by atoms with E-state index in [1.54, 1.807) is 0 Å². The minimum absolute atomic E-state index is 0.309. The van der Waals surface area contributed by atoms with Gasteiger partial charge < -0.3 is 15.1 Å². The van der Waals surface area contributed by atoms with E-state index in [9.17, 15) is 0 Å². The summed E-state index contributed by atoms with van der Waals surface area (Å²) >= 11 is 0. The van der Waals surface area contributed by atoms with E-state index < -0.39 is 0 Å². The van der Waals surface area contributed by atoms with E-state index in [0.29, 0.717) is 17.4 Å². The van der Waals surface area contributed by atoms with E-state index in [4.69, 9.17) is 0 Å². The van der Waals surface area contributed by atoms with E-state index in [0.717, 1.165) is 18.7 Å². The molecule has 0 aliphatic heterocycles. The minimum atomic E-state index is 0.309. The molecule has 0 aromatic heterocycles. The fraction of sp³-hybridized carbons (Fsp3) is 0.758. The Hall–Kier alpha value is -1.48. The van der Waals surface area contributed by atoms with E-state index >= 15 is 0 Å². The fourth-order valence-electron chi connectivity index (χ4n) is 3.13. The van der Waals surface area contributed by atoms with Crippen molar-refractivity contribution in [1.29, 1.82) is 0 Å². The number of nitrogens with zero attached hydrogens (tertiary/aromatic N) is 2. The van der Waals surface area contributed by atoms with Gasteiger partial charge in [0.15, 0.2) is 0 Å². The Bertz CT molecular complexity index is 575. The maximum Gasteiger partial charge on any atom is 0.0352 e. The SMILES string of the molecule is C=C(/C=C/C(/C=C\C(=C(C)C)N(CC(C)(C)CC)C(C)CCCC)CC)NC.CC.CC.CN(C)C. The van der Waals surface area contributed by atoms with Crippen molar-refractivity contribution in [3.8, 4) is 0 Å². The van der Waals surface area contributed by atoms with Gasteiger partial charge in [0, 0.05) is 31.0 Å². The zero-order valence-corrected chi connectivity index (χ0v) is 27.8. The summed E-state index contributed by atoms with van der Waals surface area (Å²) in [6.45, 7) is 31.6. The lowest BCUT2D eigenvalue weighted by Gasteiger charge is -2.39. The molecular formula is C33H69N3. The maximum atomic E-state index is 3.99. The van der Waals surface area contributed by atoms with E-state index in [1.807, 2.05) is 60.8 Å². The Kier molecular flexibility index (Phi) is 30.7. The molecule has 0 spiro atoms. The molecule has 0 heterocycles. The summed E-state index contributed by atoms with van der Waals surface area (Å²) in [5.74, 6) is 0.423. The number of hydrogen-bond acceptors (Lipinski definition) is 3. The summed E-state index contributed by atoms with van der Waals surface area (Å²) in [4.78, 5) is 4.66. The normalized spacial score (nSPS) is 12.5. The second kappa shape index (κ2) is 26.6. The highest BCUT2D eigenvalue weighted by Crippen LogP contribution is 2.28. The first kappa shape index (κ1) is 41.6. The summed E-state index contributed by atoms with van der Waals surface area (Å²) in [5.41, 5.74) is 4.05. The molecule has 0 rings (SSSR count). The first-order valence-corrected chi connectivity index (χ1v) is 14.6. The quantitative estimate of drug-likeness (QED) is 0.236. The van der Waals surface area contributed by atoms with Gasteiger partial charge in [0.05, 0.1) is 0 Å². The second-order valence-electron chi connectivity index (χ2n) is 10.4. The third kappa shape index (κ3) is 24.2. The van der Waals surface area contributed by atoms with Gasteiger partial charge in [-0.05, 0) is 84.7 Å². The molecule has 0 aromatic carbocycles. The predicted octanol–water partition coefficient (Wildman–Crippen LogP) is 9.70. The maximum absolute atomic E-state index is 3.99. The minimum Gasteiger partial charge on any atom is -0.389 e. The number of likely N-dealkylation sites (N-methyl/N-ethyl adjacent to an activating group) is 1. The van der Waals surface area contributed by atoms with Crippen LogP contribution in [0.1, 0.15) is 115 Å². The van der Waals surface area contributed by atoms with Gasteiger partial charge in [0.2, 0.25) is 0 Å². The monoisotopic (exact) mass is 508 g/mol. The summed E-state index contributed by atoms with van der Waals surface area (Å²) in [6, 6.07) is 0.556. The van der Waals surface area contributed by atoms with Crippen molar-refractivity contribution in [2.75, 3.05) is 34.7 Å². The Morgan fingerprint density at radius 3 is 1.78 bits per heavy atom. The number of allylic oxidation sites excluding steroid dienone is 5. The molecular weight excluding hydrogens is 438 g/mol. The molecule has 0 aliphatic carbocycles. The average Bonchev–Trinajstić information content (AvgIpc) is 2.85. The Morgan fingerprint density at radius 2 is 1.42 bits per heavy atom. The lowest BCUT2D eigenvalue weighted by molar-refractivity contribution is 0.167. The second-order valence-corrected chi connectivity index (χ2v) is 10.4. The highest BCUT2D eigenvalue weighted by atomic mass is 15.2. The van der Waals surface area contributed by atoms with Crippen LogP contribution in [-0.2, 0) is 0 Å². The van der Waals surface area contributed by atoms with Gasteiger partial charge in [-0.1, -0.05) is 99.5 Å². The topological polar surface area (TPSA) is 18.5 Å². The van der Waals surface area contributed by atoms with Crippen molar-refractivity contribution in [3.05, 3.63) is 47.9 Å². The molecule has 0 aromatic rings. The molecule has 0 aliphatic rings. The first-order chi connectivity index (χ1) is 16.8. The summed E-state index contributed by atoms with van der Waals surface area (Å²) in [6.07, 6.45) is 15.1. The summed E-state index contributed by atoms with van der Waals surface area (Å²) in [5, 5.41) is 3.09. The van der Waals surface area contributed by atoms with Crippen LogP contribution in [0.4, 0.5) is 0 Å². The van der Waals surface area contributed by atoms with E-state index in [2.05, 4.69) is 96.5 Å². The summed E-state index contributed by atoms with van der Waals surface area (Å²) in [7, 11) is 7.91. The van der Waals surface area contributed by atoms with Crippen LogP contribution in [0.5, 0.6) is 0 Å². The molecule has 2 atom stereocenters. The highest BCUT2D eigenvalue weighted by molar-refractivity contribution is 5.25. The molecule has 0 saturated heterocycles. The molecule has 0 saturated carbocycles. The van der Waals surface area contributed by atoms with Crippen LogP contribution in [0.2, 0.25) is 0 Å². The Labute approximate surface area is 230 Å². The smallest absolute Gasteiger partial charge is 0.0352 e. The largest absolute Gasteiger partial charge is 0.389 e. The number of unbranched alkanes of at least 4 members (excludes halogenated alkanes) is 1. The molecule has 1 N–H and O–H groups in total. The van der Waals surface area contributed by atoms with Gasteiger partial charge in [0.1, 0.15) is 0 Å². The first-order valence-electron chi connectivity index (χ1n) is 14.6. The van der Waals surface area contributed by atoms with Gasteiger partial charge in [0.25, 0.3) is 0 Å². The molecule has 3 heteroatoms. The van der Waals surface area contributed by atoms with Crippen LogP contribution < -0.4 is 5.32 Å². The number of rotatable bonds is 14. The molecule has 3 nitrogen and oxygen atoms in total. The van der Waals surface area contributed by atoms with Crippen molar-refractivity contribution in [3.63, 3.8) is 0 Å². The zero-order chi connectivity index (χ0) is 29.3. The molecule has 0 fully saturated rings. The Balaban J connectivity index is -0.000000564. The molecule has 216 valence electrons. The van der Waals surface area contributed by atoms with Crippen LogP contribution >= 0.6 is 0 Å². The van der Waals surface area contributed by atoms with Crippen LogP contribution in [-0.4, -0.2) is 50.6 Å². The van der Waals surface area contributed by atoms with Gasteiger partial charge in [-0.3, -0.25) is 0 Å². The Morgan fingerprint density at radius 1 is 0.944 bits per heavy atom. The number of hydrogen-bond donors (Lipinski definition) is 1. The number of nitrogens with one attached hydrogen (secondary N) is 1. The van der Waals surface area contributed by atoms with E-state index in [1.165, 1.54) is 37.0 Å². The highest BCUT2D eigenvalue weighted by Gasteiger charge is 2.24. The van der Waals surface area contributed by atoms with Crippen LogP contribution in [0, 0.1) is 11.3 Å². The van der Waals surface area contributed by atoms with Crippen molar-refractivity contribution >= 4 is 0 Å². The zero-order valence-electron chi connectivity index (χ0n) is 27.8. The standard InChI is InChI=1S/C26H48N2.C3H9N.2C2H6/c1-11-14-15-23(7)28(20-26(8,9)13-3)25(21(4)5)19-18-24(12-2)17-16-22(6)27-10;1-4(2)3;2*1-2/h16-19,23-24,27H,6,11-15,20H2,1-5,7-10H3;1-3H3;2*1-2H3/b17-16+,19-18-;;;. The molecule has 36 heavy (non-hydrogen) atoms. The van der Waals surface area contributed by atoms with Crippen molar-refractivity contribution in [2.24, 2.45) is 11.3 Å². The van der Waals surface area contributed by atoms with Gasteiger partial charge in [-0.25, -0.2) is 0 Å². The van der Waals surface area contributed by atoms with Gasteiger partial charge in [-0.2, -0.15) is 0 Å². The van der Waals surface area contributed by atoms with Crippen molar-refractivity contribution in [2.45, 2.75) is 121 Å². The lowest BCUT2D eigenvalue weighted by Crippen LogP contribution is -2.39. The fourth-order valence-corrected chi connectivity index (χ4v) is 3.13. The van der Waals surface area contributed by atoms with Crippen LogP contribution in [0.3, 0.4) is 0 Å². The lowest BCUT2D eigenvalue weighted by atomic mass is 9.88. The molecule has 0 amide bonds. The van der Waals surface area contributed by atoms with Crippen LogP contribution in [0.25, 0.3) is 0 Å². The van der Waals surface area contributed by atoms with Gasteiger partial charge in [-0.15, -0.1) is 0 Å².